The van der Waals surface area contributed by atoms with Crippen LogP contribution in [0.4, 0.5) is 0 Å². The Hall–Kier alpha value is -0.617. The minimum Gasteiger partial charge on any atom is -1.00 e. The molecule has 0 unspecified atom stereocenters. The van der Waals surface area contributed by atoms with Gasteiger partial charge in [0.25, 0.3) is 0 Å². The van der Waals surface area contributed by atoms with Crippen molar-refractivity contribution >= 4 is 0 Å². The van der Waals surface area contributed by atoms with Crippen molar-refractivity contribution in [3.05, 3.63) is 82.9 Å². The largest absolute Gasteiger partial charge is 4.00 e. The molecule has 0 N–H and O–H groups in total. The number of halogens is 2. The fourth-order valence-electron chi connectivity index (χ4n) is 4.28. The molecule has 0 amide bonds. The van der Waals surface area contributed by atoms with E-state index in [2.05, 4.69) is 58.0 Å². The molecule has 3 rings (SSSR count). The Kier molecular flexibility index (Phi) is 19.9. The Labute approximate surface area is 222 Å². The standard InChI is InChI=1S/C23H33.C5H5.2ClH.Zr/c1-5-12-19-20(13-6-2)22(15-8-4)23(21(19)14-7-3)18-16-10-9-11-17-18;1-2-4-5-3-1;;;/h9-11,16-17H,5-8,12-15H2,1-4H3;1-5H;2*1H;/q2*-1;;;+4/p-2. The van der Waals surface area contributed by atoms with Crippen LogP contribution in [-0.2, 0) is 51.9 Å². The molecule has 0 saturated carbocycles. The van der Waals surface area contributed by atoms with E-state index in [4.69, 9.17) is 0 Å². The topological polar surface area (TPSA) is 0 Å². The van der Waals surface area contributed by atoms with E-state index < -0.39 is 0 Å². The Balaban J connectivity index is 0. The molecule has 0 aliphatic heterocycles. The minimum atomic E-state index is 0. The van der Waals surface area contributed by atoms with Crippen molar-refractivity contribution in [3.8, 4) is 11.1 Å². The molecule has 0 heterocycles. The van der Waals surface area contributed by atoms with Crippen molar-refractivity contribution in [2.45, 2.75) is 79.1 Å². The van der Waals surface area contributed by atoms with E-state index in [1.807, 2.05) is 30.3 Å². The molecule has 0 nitrogen and oxygen atoms in total. The van der Waals surface area contributed by atoms with Crippen molar-refractivity contribution in [3.63, 3.8) is 0 Å². The van der Waals surface area contributed by atoms with Crippen LogP contribution in [0, 0.1) is 0 Å². The predicted molar refractivity (Wildman–Crippen MR) is 125 cm³/mol. The van der Waals surface area contributed by atoms with Crippen LogP contribution < -0.4 is 24.8 Å². The summed E-state index contributed by atoms with van der Waals surface area (Å²) in [5, 5.41) is 0. The van der Waals surface area contributed by atoms with Crippen molar-refractivity contribution < 1.29 is 51.0 Å². The van der Waals surface area contributed by atoms with Crippen LogP contribution in [0.5, 0.6) is 0 Å². The molecule has 0 bridgehead atoms. The monoisotopic (exact) mass is 534 g/mol. The van der Waals surface area contributed by atoms with E-state index in [1.54, 1.807) is 27.8 Å². The minimum absolute atomic E-state index is 0. The molecule has 31 heavy (non-hydrogen) atoms. The van der Waals surface area contributed by atoms with Gasteiger partial charge in [-0.25, -0.2) is 12.1 Å². The van der Waals surface area contributed by atoms with Gasteiger partial charge in [0.05, 0.1) is 0 Å². The third-order valence-electron chi connectivity index (χ3n) is 5.31. The second kappa shape index (κ2) is 18.9. The molecule has 3 heteroatoms. The smallest absolute Gasteiger partial charge is 1.00 e. The molecule has 0 fully saturated rings. The van der Waals surface area contributed by atoms with Crippen LogP contribution in [0.25, 0.3) is 11.1 Å². The van der Waals surface area contributed by atoms with Crippen LogP contribution in [0.2, 0.25) is 0 Å². The van der Waals surface area contributed by atoms with Gasteiger partial charge in [-0.05, 0) is 6.42 Å². The maximum atomic E-state index is 2.32. The Bertz CT molecular complexity index is 722. The fraction of sp³-hybridized carbons (Fsp3) is 0.429. The average molecular weight is 537 g/mol. The van der Waals surface area contributed by atoms with E-state index in [0.717, 1.165) is 0 Å². The second-order valence-corrected chi connectivity index (χ2v) is 7.62. The number of hydrogen-bond donors (Lipinski definition) is 0. The van der Waals surface area contributed by atoms with E-state index >= 15 is 0 Å². The van der Waals surface area contributed by atoms with Crippen LogP contribution in [0.3, 0.4) is 0 Å². The van der Waals surface area contributed by atoms with Crippen LogP contribution in [0.1, 0.15) is 75.6 Å². The van der Waals surface area contributed by atoms with E-state index in [-0.39, 0.29) is 51.0 Å². The third-order valence-corrected chi connectivity index (χ3v) is 5.31. The molecule has 0 radical (unpaired) electrons. The first kappa shape index (κ1) is 32.6. The summed E-state index contributed by atoms with van der Waals surface area (Å²) in [5.74, 6) is 0. The summed E-state index contributed by atoms with van der Waals surface area (Å²) in [5.41, 5.74) is 9.72. The van der Waals surface area contributed by atoms with Gasteiger partial charge in [-0.15, -0.1) is 16.7 Å². The summed E-state index contributed by atoms with van der Waals surface area (Å²) >= 11 is 0. The molecule has 0 atom stereocenters. The molecular weight excluding hydrogens is 498 g/mol. The van der Waals surface area contributed by atoms with E-state index in [9.17, 15) is 0 Å². The second-order valence-electron chi connectivity index (χ2n) is 7.62. The predicted octanol–water partition coefficient (Wildman–Crippen LogP) is 2.29. The zero-order valence-corrected chi connectivity index (χ0v) is 23.7. The maximum Gasteiger partial charge on any atom is 4.00 e. The Morgan fingerprint density at radius 2 is 1.23 bits per heavy atom. The fourth-order valence-corrected chi connectivity index (χ4v) is 4.28. The Morgan fingerprint density at radius 1 is 0.677 bits per heavy atom. The molecule has 168 valence electrons. The normalized spacial score (nSPS) is 9.55. The van der Waals surface area contributed by atoms with Gasteiger partial charge < -0.3 is 24.8 Å². The molecule has 0 aromatic heterocycles. The molecule has 3 aromatic rings. The van der Waals surface area contributed by atoms with Crippen molar-refractivity contribution in [2.75, 3.05) is 0 Å². The SMILES string of the molecule is CCCc1c(CCC)c(-c2ccccc2)[c-](CCC)c1CCC.[Cl-].[Cl-].[Zr+4].c1cc[cH-]c1. The summed E-state index contributed by atoms with van der Waals surface area (Å²) < 4.78 is 0. The van der Waals surface area contributed by atoms with Crippen molar-refractivity contribution in [1.29, 1.82) is 0 Å². The van der Waals surface area contributed by atoms with Crippen LogP contribution >= 0.6 is 0 Å². The molecule has 0 aliphatic rings. The van der Waals surface area contributed by atoms with E-state index in [0.29, 0.717) is 0 Å². The summed E-state index contributed by atoms with van der Waals surface area (Å²) in [6.07, 6.45) is 9.90. The first-order valence-electron chi connectivity index (χ1n) is 11.3. The van der Waals surface area contributed by atoms with Crippen LogP contribution in [-0.4, -0.2) is 0 Å². The third kappa shape index (κ3) is 9.41. The first-order chi connectivity index (χ1) is 13.8. The molecule has 0 aliphatic carbocycles. The first-order valence-corrected chi connectivity index (χ1v) is 11.3. The van der Waals surface area contributed by atoms with Gasteiger partial charge >= 0.3 is 26.2 Å². The van der Waals surface area contributed by atoms with Gasteiger partial charge in [-0.3, -0.25) is 0 Å². The average Bonchev–Trinajstić information content (AvgIpc) is 3.37. The van der Waals surface area contributed by atoms with Gasteiger partial charge in [0.1, 0.15) is 0 Å². The Morgan fingerprint density at radius 3 is 1.68 bits per heavy atom. The van der Waals surface area contributed by atoms with Gasteiger partial charge in [0, 0.05) is 0 Å². The van der Waals surface area contributed by atoms with Gasteiger partial charge in [-0.2, -0.15) is 29.3 Å². The van der Waals surface area contributed by atoms with Gasteiger partial charge in [0.2, 0.25) is 0 Å². The molecular formula is C28H38Cl2Zr. The molecule has 3 aromatic carbocycles. The summed E-state index contributed by atoms with van der Waals surface area (Å²) in [4.78, 5) is 0. The number of benzene rings is 1. The zero-order valence-electron chi connectivity index (χ0n) is 19.7. The van der Waals surface area contributed by atoms with Gasteiger partial charge in [-0.1, -0.05) is 109 Å². The van der Waals surface area contributed by atoms with E-state index in [1.165, 1.54) is 56.9 Å². The summed E-state index contributed by atoms with van der Waals surface area (Å²) in [7, 11) is 0. The maximum absolute atomic E-state index is 2.32. The molecule has 0 spiro atoms. The summed E-state index contributed by atoms with van der Waals surface area (Å²) in [6, 6.07) is 21.1. The van der Waals surface area contributed by atoms with Crippen molar-refractivity contribution in [2.24, 2.45) is 0 Å². The van der Waals surface area contributed by atoms with Crippen LogP contribution in [0.15, 0.2) is 60.7 Å². The zero-order chi connectivity index (χ0) is 20.2. The van der Waals surface area contributed by atoms with Gasteiger partial charge in [0.15, 0.2) is 0 Å². The summed E-state index contributed by atoms with van der Waals surface area (Å²) in [6.45, 7) is 9.27. The van der Waals surface area contributed by atoms with Crippen molar-refractivity contribution in [1.82, 2.24) is 0 Å². The quantitative estimate of drug-likeness (QED) is 0.368. The molecule has 0 saturated heterocycles. The number of hydrogen-bond acceptors (Lipinski definition) is 0. The number of rotatable bonds is 9.